The van der Waals surface area contributed by atoms with Crippen LogP contribution >= 0.6 is 0 Å². The molecule has 2 heteroatoms. The van der Waals surface area contributed by atoms with E-state index < -0.39 is 5.54 Å². The summed E-state index contributed by atoms with van der Waals surface area (Å²) in [5.74, 6) is 3.62. The topological polar surface area (TPSA) is 25.2 Å². The van der Waals surface area contributed by atoms with Gasteiger partial charge < -0.3 is 4.42 Å². The van der Waals surface area contributed by atoms with Gasteiger partial charge in [0, 0.05) is 0 Å². The Bertz CT molecular complexity index is 520. The van der Waals surface area contributed by atoms with Gasteiger partial charge in [-0.05, 0) is 31.5 Å². The lowest BCUT2D eigenvalue weighted by Crippen LogP contribution is -2.40. The van der Waals surface area contributed by atoms with Crippen molar-refractivity contribution in [2.24, 2.45) is 0 Å². The molecular formula is C16H17NO. The molecule has 1 N–H and O–H groups in total. The van der Waals surface area contributed by atoms with Crippen molar-refractivity contribution in [3.8, 4) is 12.3 Å². The van der Waals surface area contributed by atoms with Crippen LogP contribution in [0.1, 0.15) is 31.2 Å². The van der Waals surface area contributed by atoms with Gasteiger partial charge in [0.2, 0.25) is 0 Å². The molecule has 0 fully saturated rings. The molecule has 2 aromatic rings. The molecule has 0 radical (unpaired) electrons. The Morgan fingerprint density at radius 1 is 1.17 bits per heavy atom. The van der Waals surface area contributed by atoms with Crippen LogP contribution in [-0.4, -0.2) is 5.54 Å². The molecule has 0 spiro atoms. The predicted octanol–water partition coefficient (Wildman–Crippen LogP) is 3.37. The van der Waals surface area contributed by atoms with Crippen molar-refractivity contribution in [1.29, 1.82) is 0 Å². The van der Waals surface area contributed by atoms with E-state index in [0.717, 1.165) is 11.3 Å². The fourth-order valence-electron chi connectivity index (χ4n) is 1.82. The SMILES string of the molecule is C#CC(C)(C)NC(c1ccccc1)c1ccco1. The van der Waals surface area contributed by atoms with E-state index in [4.69, 9.17) is 10.8 Å². The molecule has 0 bridgehead atoms. The predicted molar refractivity (Wildman–Crippen MR) is 73.0 cm³/mol. The maximum absolute atomic E-state index is 5.54. The third-order valence-corrected chi connectivity index (χ3v) is 2.83. The lowest BCUT2D eigenvalue weighted by molar-refractivity contribution is 0.387. The number of benzene rings is 1. The van der Waals surface area contributed by atoms with Crippen LogP contribution in [-0.2, 0) is 0 Å². The first-order valence-corrected chi connectivity index (χ1v) is 5.96. The molecular weight excluding hydrogens is 222 g/mol. The van der Waals surface area contributed by atoms with Crippen molar-refractivity contribution < 1.29 is 4.42 Å². The van der Waals surface area contributed by atoms with E-state index in [9.17, 15) is 0 Å². The summed E-state index contributed by atoms with van der Waals surface area (Å²) < 4.78 is 5.51. The molecule has 0 saturated carbocycles. The van der Waals surface area contributed by atoms with E-state index >= 15 is 0 Å². The third kappa shape index (κ3) is 2.82. The first-order chi connectivity index (χ1) is 8.62. The highest BCUT2D eigenvalue weighted by Gasteiger charge is 2.24. The van der Waals surface area contributed by atoms with Crippen LogP contribution in [0, 0.1) is 12.3 Å². The minimum Gasteiger partial charge on any atom is -0.467 e. The van der Waals surface area contributed by atoms with Gasteiger partial charge in [-0.2, -0.15) is 0 Å². The molecule has 92 valence electrons. The molecule has 1 heterocycles. The van der Waals surface area contributed by atoms with Gasteiger partial charge in [0.1, 0.15) is 5.76 Å². The second-order valence-electron chi connectivity index (χ2n) is 4.77. The van der Waals surface area contributed by atoms with E-state index in [1.54, 1.807) is 6.26 Å². The Kier molecular flexibility index (Phi) is 3.55. The summed E-state index contributed by atoms with van der Waals surface area (Å²) in [6.07, 6.45) is 7.22. The third-order valence-electron chi connectivity index (χ3n) is 2.83. The van der Waals surface area contributed by atoms with Crippen molar-refractivity contribution >= 4 is 0 Å². The molecule has 2 rings (SSSR count). The summed E-state index contributed by atoms with van der Waals surface area (Å²) >= 11 is 0. The van der Waals surface area contributed by atoms with E-state index in [1.807, 2.05) is 44.2 Å². The summed E-state index contributed by atoms with van der Waals surface area (Å²) in [6, 6.07) is 13.9. The number of rotatable bonds is 4. The molecule has 0 aliphatic rings. The lowest BCUT2D eigenvalue weighted by Gasteiger charge is -2.26. The number of nitrogens with one attached hydrogen (secondary N) is 1. The summed E-state index contributed by atoms with van der Waals surface area (Å²) in [4.78, 5) is 0. The van der Waals surface area contributed by atoms with Crippen LogP contribution in [0.2, 0.25) is 0 Å². The fourth-order valence-corrected chi connectivity index (χ4v) is 1.82. The maximum Gasteiger partial charge on any atom is 0.125 e. The second-order valence-corrected chi connectivity index (χ2v) is 4.77. The highest BCUT2D eigenvalue weighted by molar-refractivity contribution is 5.28. The molecule has 18 heavy (non-hydrogen) atoms. The highest BCUT2D eigenvalue weighted by atomic mass is 16.3. The number of hydrogen-bond donors (Lipinski definition) is 1. The Morgan fingerprint density at radius 2 is 1.89 bits per heavy atom. The fraction of sp³-hybridized carbons (Fsp3) is 0.250. The van der Waals surface area contributed by atoms with Crippen molar-refractivity contribution in [2.45, 2.75) is 25.4 Å². The van der Waals surface area contributed by atoms with E-state index in [-0.39, 0.29) is 6.04 Å². The van der Waals surface area contributed by atoms with Crippen LogP contribution in [0.4, 0.5) is 0 Å². The van der Waals surface area contributed by atoms with Crippen molar-refractivity contribution in [2.75, 3.05) is 0 Å². The molecule has 1 unspecified atom stereocenters. The van der Waals surface area contributed by atoms with Gasteiger partial charge in [-0.15, -0.1) is 6.42 Å². The normalized spacial score (nSPS) is 12.9. The molecule has 0 aliphatic carbocycles. The van der Waals surface area contributed by atoms with Gasteiger partial charge >= 0.3 is 0 Å². The summed E-state index contributed by atoms with van der Waals surface area (Å²) in [5.41, 5.74) is 0.739. The second kappa shape index (κ2) is 5.12. The van der Waals surface area contributed by atoms with Crippen molar-refractivity contribution in [1.82, 2.24) is 5.32 Å². The van der Waals surface area contributed by atoms with Gasteiger partial charge in [-0.3, -0.25) is 5.32 Å². The Hall–Kier alpha value is -1.98. The zero-order valence-corrected chi connectivity index (χ0v) is 10.7. The monoisotopic (exact) mass is 239 g/mol. The van der Waals surface area contributed by atoms with Gasteiger partial charge in [0.05, 0.1) is 17.8 Å². The van der Waals surface area contributed by atoms with Crippen LogP contribution in [0.15, 0.2) is 53.1 Å². The van der Waals surface area contributed by atoms with Crippen LogP contribution in [0.25, 0.3) is 0 Å². The molecule has 1 aromatic carbocycles. The van der Waals surface area contributed by atoms with Gasteiger partial charge in [0.15, 0.2) is 0 Å². The highest BCUT2D eigenvalue weighted by Crippen LogP contribution is 2.24. The molecule has 0 amide bonds. The van der Waals surface area contributed by atoms with Gasteiger partial charge in [-0.25, -0.2) is 0 Å². The maximum atomic E-state index is 5.54. The van der Waals surface area contributed by atoms with E-state index in [2.05, 4.69) is 23.4 Å². The molecule has 1 atom stereocenters. The van der Waals surface area contributed by atoms with Crippen LogP contribution < -0.4 is 5.32 Å². The average Bonchev–Trinajstić information content (AvgIpc) is 2.91. The molecule has 2 nitrogen and oxygen atoms in total. The average molecular weight is 239 g/mol. The van der Waals surface area contributed by atoms with Gasteiger partial charge in [0.25, 0.3) is 0 Å². The summed E-state index contributed by atoms with van der Waals surface area (Å²) in [7, 11) is 0. The van der Waals surface area contributed by atoms with Crippen molar-refractivity contribution in [3.05, 3.63) is 60.1 Å². The summed E-state index contributed by atoms with van der Waals surface area (Å²) in [6.45, 7) is 3.96. The first kappa shape index (κ1) is 12.5. The Balaban J connectivity index is 2.34. The number of terminal acetylenes is 1. The molecule has 1 aromatic heterocycles. The van der Waals surface area contributed by atoms with E-state index in [0.29, 0.717) is 0 Å². The Morgan fingerprint density at radius 3 is 2.44 bits per heavy atom. The minimum absolute atomic E-state index is 0.0350. The standard InChI is InChI=1S/C16H17NO/c1-4-16(2,3)17-15(14-11-8-12-18-14)13-9-6-5-7-10-13/h1,5-12,15,17H,2-3H3. The largest absolute Gasteiger partial charge is 0.467 e. The minimum atomic E-state index is -0.396. The molecule has 0 aliphatic heterocycles. The molecule has 0 saturated heterocycles. The quantitative estimate of drug-likeness (QED) is 0.827. The van der Waals surface area contributed by atoms with E-state index in [1.165, 1.54) is 0 Å². The van der Waals surface area contributed by atoms with Crippen LogP contribution in [0.5, 0.6) is 0 Å². The smallest absolute Gasteiger partial charge is 0.125 e. The van der Waals surface area contributed by atoms with Crippen molar-refractivity contribution in [3.63, 3.8) is 0 Å². The number of hydrogen-bond acceptors (Lipinski definition) is 2. The zero-order valence-electron chi connectivity index (χ0n) is 10.7. The summed E-state index contributed by atoms with van der Waals surface area (Å²) in [5, 5.41) is 3.43. The Labute approximate surface area is 108 Å². The first-order valence-electron chi connectivity index (χ1n) is 5.96. The van der Waals surface area contributed by atoms with Crippen LogP contribution in [0.3, 0.4) is 0 Å². The zero-order chi connectivity index (χ0) is 13.0. The van der Waals surface area contributed by atoms with Gasteiger partial charge in [-0.1, -0.05) is 36.3 Å². The lowest BCUT2D eigenvalue weighted by atomic mass is 9.99. The number of furan rings is 1.